The molecule has 1 aliphatic heterocycles. The van der Waals surface area contributed by atoms with Gasteiger partial charge in [0.15, 0.2) is 5.17 Å². The highest BCUT2D eigenvalue weighted by Gasteiger charge is 2.32. The maximum absolute atomic E-state index is 14.5. The summed E-state index contributed by atoms with van der Waals surface area (Å²) in [5, 5.41) is 5.14. The number of rotatable bonds is 3. The minimum absolute atomic E-state index is 0.298. The quantitative estimate of drug-likeness (QED) is 0.694. The van der Waals surface area contributed by atoms with Crippen molar-refractivity contribution in [1.82, 2.24) is 4.98 Å². The number of hydrogen-bond acceptors (Lipinski definition) is 5. The van der Waals surface area contributed by atoms with Gasteiger partial charge in [-0.15, -0.1) is 0 Å². The number of carbonyl (C=O) groups excluding carboxylic acids is 1. The average Bonchev–Trinajstić information content (AvgIpc) is 2.68. The number of nitrogens with two attached hydrogens (primary N) is 1. The molecule has 1 amide bonds. The van der Waals surface area contributed by atoms with Crippen molar-refractivity contribution >= 4 is 39.3 Å². The number of fused-ring (bicyclic) bond motifs is 1. The van der Waals surface area contributed by atoms with Gasteiger partial charge in [0.25, 0.3) is 5.91 Å². The normalized spacial score (nSPS) is 19.3. The fourth-order valence-electron chi connectivity index (χ4n) is 3.30. The number of nitrogens with one attached hydrogen (secondary N) is 1. The second kappa shape index (κ2) is 7.24. The van der Waals surface area contributed by atoms with Crippen molar-refractivity contribution in [2.45, 2.75) is 18.9 Å². The predicted molar refractivity (Wildman–Crippen MR) is 112 cm³/mol. The third kappa shape index (κ3) is 3.57. The second-order valence-corrected chi connectivity index (χ2v) is 8.00. The fraction of sp³-hybridized carbons (Fsp3) is 0.190. The number of amides is 1. The van der Waals surface area contributed by atoms with Crippen LogP contribution < -0.4 is 11.1 Å². The smallest absolute Gasteiger partial charge is 0.274 e. The van der Waals surface area contributed by atoms with Gasteiger partial charge >= 0.3 is 0 Å². The maximum atomic E-state index is 14.5. The summed E-state index contributed by atoms with van der Waals surface area (Å²) in [4.78, 5) is 21.3. The number of benzene rings is 2. The monoisotopic (exact) mass is 394 g/mol. The highest BCUT2D eigenvalue weighted by Crippen LogP contribution is 2.37. The van der Waals surface area contributed by atoms with Crippen molar-refractivity contribution in [2.75, 3.05) is 11.1 Å². The van der Waals surface area contributed by atoms with Gasteiger partial charge in [-0.25, -0.2) is 4.39 Å². The van der Waals surface area contributed by atoms with E-state index in [1.54, 1.807) is 18.3 Å². The summed E-state index contributed by atoms with van der Waals surface area (Å²) in [7, 11) is 0. The van der Waals surface area contributed by atoms with E-state index in [4.69, 9.17) is 5.73 Å². The van der Waals surface area contributed by atoms with Gasteiger partial charge in [-0.1, -0.05) is 36.0 Å². The van der Waals surface area contributed by atoms with E-state index >= 15 is 0 Å². The van der Waals surface area contributed by atoms with E-state index in [9.17, 15) is 9.18 Å². The molecule has 7 heteroatoms. The summed E-state index contributed by atoms with van der Waals surface area (Å²) >= 11 is 1.46. The third-order valence-electron chi connectivity index (χ3n) is 4.86. The van der Waals surface area contributed by atoms with Crippen LogP contribution in [0.2, 0.25) is 0 Å². The highest BCUT2D eigenvalue weighted by atomic mass is 32.2. The molecule has 1 unspecified atom stereocenters. The van der Waals surface area contributed by atoms with E-state index in [0.29, 0.717) is 28.5 Å². The number of carbonyl (C=O) groups is 1. The molecule has 0 saturated carbocycles. The van der Waals surface area contributed by atoms with Crippen LogP contribution in [0.4, 0.5) is 10.1 Å². The van der Waals surface area contributed by atoms with Crippen LogP contribution in [0, 0.1) is 5.82 Å². The zero-order valence-corrected chi connectivity index (χ0v) is 16.1. The number of amidine groups is 1. The Morgan fingerprint density at radius 2 is 2.00 bits per heavy atom. The van der Waals surface area contributed by atoms with Crippen molar-refractivity contribution in [1.29, 1.82) is 0 Å². The van der Waals surface area contributed by atoms with Gasteiger partial charge in [-0.05, 0) is 43.0 Å². The fourth-order valence-corrected chi connectivity index (χ4v) is 4.27. The van der Waals surface area contributed by atoms with Crippen molar-refractivity contribution in [3.05, 3.63) is 71.8 Å². The van der Waals surface area contributed by atoms with Crippen molar-refractivity contribution in [2.24, 2.45) is 10.7 Å². The van der Waals surface area contributed by atoms with Crippen LogP contribution in [0.5, 0.6) is 0 Å². The van der Waals surface area contributed by atoms with Crippen LogP contribution in [-0.4, -0.2) is 21.8 Å². The Balaban J connectivity index is 1.63. The number of aliphatic imine (C=N–C) groups is 1. The third-order valence-corrected chi connectivity index (χ3v) is 5.66. The molecular weight excluding hydrogens is 375 g/mol. The van der Waals surface area contributed by atoms with Crippen LogP contribution in [-0.2, 0) is 5.54 Å². The van der Waals surface area contributed by atoms with Crippen LogP contribution in [0.25, 0.3) is 10.8 Å². The maximum Gasteiger partial charge on any atom is 0.274 e. The van der Waals surface area contributed by atoms with Crippen molar-refractivity contribution in [3.8, 4) is 0 Å². The van der Waals surface area contributed by atoms with E-state index in [1.807, 2.05) is 31.2 Å². The number of thioether (sulfide) groups is 1. The number of nitrogens with zero attached hydrogens (tertiary/aromatic N) is 2. The number of halogens is 1. The van der Waals surface area contributed by atoms with E-state index in [2.05, 4.69) is 15.3 Å². The molecule has 0 aliphatic carbocycles. The molecule has 0 fully saturated rings. The molecule has 0 saturated heterocycles. The van der Waals surface area contributed by atoms with E-state index in [0.717, 1.165) is 16.5 Å². The zero-order chi connectivity index (χ0) is 19.7. The Bertz CT molecular complexity index is 1100. The molecular formula is C21H19FN4OS. The topological polar surface area (TPSA) is 80.4 Å². The first-order chi connectivity index (χ1) is 13.4. The standard InChI is InChI=1S/C21H19FN4OS/c1-21(8-9-28-20(23)26-21)16-11-15(6-7-17(16)22)25-19(27)18-10-13-4-2-3-5-14(13)12-24-18/h2-7,10-12H,8-9H2,1H3,(H2,23,26)(H,25,27). The summed E-state index contributed by atoms with van der Waals surface area (Å²) in [5.41, 5.74) is 6.31. The summed E-state index contributed by atoms with van der Waals surface area (Å²) in [5.74, 6) is 0.0477. The molecule has 28 heavy (non-hydrogen) atoms. The van der Waals surface area contributed by atoms with Gasteiger partial charge in [-0.2, -0.15) is 0 Å². The molecule has 2 heterocycles. The van der Waals surface area contributed by atoms with Crippen LogP contribution in [0.3, 0.4) is 0 Å². The number of anilines is 1. The summed E-state index contributed by atoms with van der Waals surface area (Å²) in [6.45, 7) is 1.86. The number of aromatic nitrogens is 1. The zero-order valence-electron chi connectivity index (χ0n) is 15.3. The molecule has 3 N–H and O–H groups in total. The van der Waals surface area contributed by atoms with Gasteiger partial charge in [-0.3, -0.25) is 14.8 Å². The van der Waals surface area contributed by atoms with Crippen molar-refractivity contribution in [3.63, 3.8) is 0 Å². The SMILES string of the molecule is CC1(c2cc(NC(=O)c3cc4ccccc4cn3)ccc2F)CCSC(N)=N1. The number of hydrogen-bond donors (Lipinski definition) is 2. The lowest BCUT2D eigenvalue weighted by Crippen LogP contribution is -2.29. The Labute approximate surface area is 166 Å². The number of pyridine rings is 1. The minimum Gasteiger partial charge on any atom is -0.379 e. The lowest BCUT2D eigenvalue weighted by molar-refractivity contribution is 0.102. The lowest BCUT2D eigenvalue weighted by atomic mass is 9.89. The Morgan fingerprint density at radius 1 is 1.21 bits per heavy atom. The predicted octanol–water partition coefficient (Wildman–Crippen LogP) is 4.29. The molecule has 2 aromatic carbocycles. The van der Waals surface area contributed by atoms with Gasteiger partial charge in [0.05, 0.1) is 5.54 Å². The molecule has 1 aliphatic rings. The molecule has 4 rings (SSSR count). The van der Waals surface area contributed by atoms with Crippen molar-refractivity contribution < 1.29 is 9.18 Å². The average molecular weight is 394 g/mol. The summed E-state index contributed by atoms with van der Waals surface area (Å²) in [6.07, 6.45) is 2.33. The van der Waals surface area contributed by atoms with E-state index in [1.165, 1.54) is 23.9 Å². The van der Waals surface area contributed by atoms with Crippen LogP contribution in [0.15, 0.2) is 59.7 Å². The summed E-state index contributed by atoms with van der Waals surface area (Å²) in [6, 6.07) is 13.9. The Hall–Kier alpha value is -2.93. The molecule has 0 bridgehead atoms. The molecule has 142 valence electrons. The first-order valence-electron chi connectivity index (χ1n) is 8.89. The highest BCUT2D eigenvalue weighted by molar-refractivity contribution is 8.13. The first kappa shape index (κ1) is 18.4. The molecule has 3 aromatic rings. The van der Waals surface area contributed by atoms with Gasteiger partial charge in [0.2, 0.25) is 0 Å². The molecule has 0 spiro atoms. The largest absolute Gasteiger partial charge is 0.379 e. The van der Waals surface area contributed by atoms with Gasteiger partial charge in [0, 0.05) is 28.6 Å². The molecule has 1 aromatic heterocycles. The first-order valence-corrected chi connectivity index (χ1v) is 9.87. The molecule has 0 radical (unpaired) electrons. The van der Waals surface area contributed by atoms with E-state index in [-0.39, 0.29) is 11.7 Å². The Kier molecular flexibility index (Phi) is 4.77. The molecule has 5 nitrogen and oxygen atoms in total. The second-order valence-electron chi connectivity index (χ2n) is 6.89. The van der Waals surface area contributed by atoms with Gasteiger partial charge in [0.1, 0.15) is 11.5 Å². The Morgan fingerprint density at radius 3 is 2.79 bits per heavy atom. The van der Waals surface area contributed by atoms with Crippen LogP contribution in [0.1, 0.15) is 29.4 Å². The lowest BCUT2D eigenvalue weighted by Gasteiger charge is -2.30. The van der Waals surface area contributed by atoms with E-state index < -0.39 is 5.54 Å². The van der Waals surface area contributed by atoms with Crippen LogP contribution >= 0.6 is 11.8 Å². The van der Waals surface area contributed by atoms with Gasteiger partial charge < -0.3 is 11.1 Å². The molecule has 1 atom stereocenters. The summed E-state index contributed by atoms with van der Waals surface area (Å²) < 4.78 is 14.5. The minimum atomic E-state index is -0.749.